The van der Waals surface area contributed by atoms with Gasteiger partial charge in [0.05, 0.1) is 19.5 Å². The van der Waals surface area contributed by atoms with Crippen molar-refractivity contribution >= 4 is 40.4 Å². The number of anilines is 1. The van der Waals surface area contributed by atoms with Crippen LogP contribution in [0, 0.1) is 0 Å². The van der Waals surface area contributed by atoms with Crippen LogP contribution in [0.4, 0.5) is 5.82 Å². The monoisotopic (exact) mass is 597 g/mol. The summed E-state index contributed by atoms with van der Waals surface area (Å²) in [6.07, 6.45) is -2.63. The van der Waals surface area contributed by atoms with E-state index in [0.717, 1.165) is 5.56 Å². The molecular formula is C17H22N5O13P3. The Bertz CT molecular complexity index is 1420. The molecule has 2 unspecified atom stereocenters. The Labute approximate surface area is 213 Å². The van der Waals surface area contributed by atoms with E-state index in [1.54, 1.807) is 30.3 Å². The molecule has 6 atom stereocenters. The van der Waals surface area contributed by atoms with Gasteiger partial charge in [-0.3, -0.25) is 9.09 Å². The highest BCUT2D eigenvalue weighted by Gasteiger charge is 2.48. The average Bonchev–Trinajstić information content (AvgIpc) is 3.36. The summed E-state index contributed by atoms with van der Waals surface area (Å²) in [6, 6.07) is 8.82. The summed E-state index contributed by atoms with van der Waals surface area (Å²) in [5.74, 6) is 0.0716. The predicted molar refractivity (Wildman–Crippen MR) is 124 cm³/mol. The molecule has 1 fully saturated rings. The fourth-order valence-electron chi connectivity index (χ4n) is 3.58. The number of hydrogen-bond donors (Lipinski definition) is 6. The standard InChI is InChI=1S/C17H22N5O13P3/c18-15-12-16(20-8-19-15)22(9-21-12)17-13(23)14(31-6-10-4-2-1-3-5-10)11(33-17)7-32-37(27,28)35-38(29,30)34-36(24,25)26/h1-5,8-9,11,13-14,17,23H,6-7H2,(H,27,28)(H,29,30)(H2,18,19,20)(H2,24,25,26)/t11-,13-,14-,17-/m1/s1. The van der Waals surface area contributed by atoms with Gasteiger partial charge < -0.3 is 39.9 Å². The number of fused-ring (bicyclic) bond motifs is 1. The number of nitrogens with zero attached hydrogens (tertiary/aromatic N) is 4. The molecule has 0 saturated carbocycles. The molecule has 0 aliphatic carbocycles. The van der Waals surface area contributed by atoms with Crippen molar-refractivity contribution in [1.29, 1.82) is 0 Å². The summed E-state index contributed by atoms with van der Waals surface area (Å²) < 4.78 is 59.7. The van der Waals surface area contributed by atoms with Crippen molar-refractivity contribution in [3.8, 4) is 0 Å². The zero-order valence-corrected chi connectivity index (χ0v) is 21.7. The molecule has 0 radical (unpaired) electrons. The first-order valence-corrected chi connectivity index (χ1v) is 15.0. The topological polar surface area (TPSA) is 268 Å². The third-order valence-corrected chi connectivity index (χ3v) is 8.88. The molecule has 38 heavy (non-hydrogen) atoms. The number of nitrogens with two attached hydrogens (primary N) is 1. The number of nitrogen functional groups attached to an aromatic ring is 1. The van der Waals surface area contributed by atoms with Crippen molar-refractivity contribution < 1.29 is 61.0 Å². The Morgan fingerprint density at radius 1 is 1.00 bits per heavy atom. The molecule has 0 spiro atoms. The van der Waals surface area contributed by atoms with Gasteiger partial charge in [-0.15, -0.1) is 0 Å². The number of aromatic nitrogens is 4. The van der Waals surface area contributed by atoms with Crippen LogP contribution >= 0.6 is 23.5 Å². The zero-order chi connectivity index (χ0) is 27.7. The van der Waals surface area contributed by atoms with E-state index in [-0.39, 0.29) is 23.6 Å². The number of rotatable bonds is 11. The molecule has 3 heterocycles. The van der Waals surface area contributed by atoms with E-state index in [4.69, 9.17) is 29.5 Å². The number of aliphatic hydroxyl groups is 1. The third-order valence-electron chi connectivity index (χ3n) is 5.07. The molecule has 0 amide bonds. The predicted octanol–water partition coefficient (Wildman–Crippen LogP) is 0.595. The van der Waals surface area contributed by atoms with Crippen LogP contribution < -0.4 is 5.73 Å². The SMILES string of the molecule is Nc1ncnc2c1ncn2[C@@H]1O[C@H](COP(=O)(O)OP(=O)(O)OP(=O)(O)O)[C@@H](OCc2ccccc2)[C@H]1O. The third kappa shape index (κ3) is 7.08. The zero-order valence-electron chi connectivity index (χ0n) is 19.0. The first-order valence-electron chi connectivity index (χ1n) is 10.4. The van der Waals surface area contributed by atoms with Gasteiger partial charge in [0.25, 0.3) is 0 Å². The van der Waals surface area contributed by atoms with Gasteiger partial charge in [0, 0.05) is 0 Å². The fraction of sp³-hybridized carbons (Fsp3) is 0.353. The molecule has 21 heteroatoms. The van der Waals surface area contributed by atoms with Crippen molar-refractivity contribution in [2.75, 3.05) is 12.3 Å². The summed E-state index contributed by atoms with van der Waals surface area (Å²) >= 11 is 0. The van der Waals surface area contributed by atoms with E-state index in [0.29, 0.717) is 0 Å². The fourth-order valence-corrected chi connectivity index (χ4v) is 6.61. The van der Waals surface area contributed by atoms with Crippen molar-refractivity contribution in [2.24, 2.45) is 0 Å². The largest absolute Gasteiger partial charge is 0.490 e. The van der Waals surface area contributed by atoms with Crippen molar-refractivity contribution in [1.82, 2.24) is 19.5 Å². The lowest BCUT2D eigenvalue weighted by molar-refractivity contribution is -0.0639. The summed E-state index contributed by atoms with van der Waals surface area (Å²) in [7, 11) is -16.7. The van der Waals surface area contributed by atoms with E-state index in [9.17, 15) is 28.6 Å². The van der Waals surface area contributed by atoms with Crippen LogP contribution in [0.3, 0.4) is 0 Å². The Morgan fingerprint density at radius 2 is 1.71 bits per heavy atom. The number of aliphatic hydroxyl groups excluding tert-OH is 1. The highest BCUT2D eigenvalue weighted by molar-refractivity contribution is 7.66. The first-order chi connectivity index (χ1) is 17.7. The molecule has 3 aromatic rings. The van der Waals surface area contributed by atoms with Crippen molar-refractivity contribution in [3.05, 3.63) is 48.5 Å². The number of imidazole rings is 1. The van der Waals surface area contributed by atoms with Crippen LogP contribution in [0.2, 0.25) is 0 Å². The van der Waals surface area contributed by atoms with E-state index in [1.807, 2.05) is 0 Å². The normalized spacial score (nSPS) is 25.3. The molecule has 208 valence electrons. The summed E-state index contributed by atoms with van der Waals surface area (Å²) in [5.41, 5.74) is 6.96. The van der Waals surface area contributed by atoms with E-state index >= 15 is 0 Å². The van der Waals surface area contributed by atoms with Crippen molar-refractivity contribution in [2.45, 2.75) is 31.1 Å². The lowest BCUT2D eigenvalue weighted by Crippen LogP contribution is -2.36. The second-order valence-corrected chi connectivity index (χ2v) is 12.2. The molecule has 0 bridgehead atoms. The molecule has 18 nitrogen and oxygen atoms in total. The number of hydrogen-bond acceptors (Lipinski definition) is 13. The maximum Gasteiger partial charge on any atom is 0.490 e. The van der Waals surface area contributed by atoms with Crippen LogP contribution in [0.5, 0.6) is 0 Å². The minimum absolute atomic E-state index is 0.00973. The van der Waals surface area contributed by atoms with Gasteiger partial charge in [-0.25, -0.2) is 28.6 Å². The Kier molecular flexibility index (Phi) is 8.47. The van der Waals surface area contributed by atoms with E-state index < -0.39 is 54.6 Å². The molecule has 1 aliphatic rings. The Hall–Kier alpha value is -2.14. The van der Waals surface area contributed by atoms with Crippen LogP contribution in [0.25, 0.3) is 11.2 Å². The van der Waals surface area contributed by atoms with Gasteiger partial charge in [-0.2, -0.15) is 8.62 Å². The minimum Gasteiger partial charge on any atom is -0.386 e. The lowest BCUT2D eigenvalue weighted by Gasteiger charge is -2.22. The van der Waals surface area contributed by atoms with E-state index in [1.165, 1.54) is 17.2 Å². The van der Waals surface area contributed by atoms with Gasteiger partial charge in [-0.1, -0.05) is 30.3 Å². The van der Waals surface area contributed by atoms with Gasteiger partial charge in [0.15, 0.2) is 17.7 Å². The number of phosphoric ester groups is 1. The molecule has 7 N–H and O–H groups in total. The highest BCUT2D eigenvalue weighted by Crippen LogP contribution is 2.66. The first kappa shape index (κ1) is 28.9. The number of benzene rings is 1. The molecule has 1 aromatic carbocycles. The second kappa shape index (κ2) is 11.2. The smallest absolute Gasteiger partial charge is 0.386 e. The second-order valence-electron chi connectivity index (χ2n) is 7.79. The molecule has 1 aliphatic heterocycles. The van der Waals surface area contributed by atoms with Crippen molar-refractivity contribution in [3.63, 3.8) is 0 Å². The van der Waals surface area contributed by atoms with Gasteiger partial charge >= 0.3 is 23.5 Å². The molecule has 2 aromatic heterocycles. The average molecular weight is 597 g/mol. The van der Waals surface area contributed by atoms with Gasteiger partial charge in [0.2, 0.25) is 0 Å². The van der Waals surface area contributed by atoms with Crippen LogP contribution in [0.15, 0.2) is 43.0 Å². The summed E-state index contributed by atoms with van der Waals surface area (Å²) in [5, 5.41) is 11.1. The highest BCUT2D eigenvalue weighted by atomic mass is 31.3. The van der Waals surface area contributed by atoms with Crippen LogP contribution in [-0.2, 0) is 42.9 Å². The molecule has 4 rings (SSSR count). The Balaban J connectivity index is 1.54. The lowest BCUT2D eigenvalue weighted by atomic mass is 10.1. The maximum atomic E-state index is 12.2. The number of ether oxygens (including phenoxy) is 2. The van der Waals surface area contributed by atoms with Gasteiger partial charge in [-0.05, 0) is 5.56 Å². The summed E-state index contributed by atoms with van der Waals surface area (Å²) in [4.78, 5) is 48.5. The van der Waals surface area contributed by atoms with Gasteiger partial charge in [0.1, 0.15) is 30.2 Å². The Morgan fingerprint density at radius 3 is 2.39 bits per heavy atom. The minimum atomic E-state index is -5.72. The van der Waals surface area contributed by atoms with Crippen LogP contribution in [0.1, 0.15) is 11.8 Å². The summed E-state index contributed by atoms with van der Waals surface area (Å²) in [6.45, 7) is -0.856. The van der Waals surface area contributed by atoms with E-state index in [2.05, 4.69) is 23.6 Å². The maximum absolute atomic E-state index is 12.2. The quantitative estimate of drug-likeness (QED) is 0.165. The number of phosphoric acid groups is 3. The molecular weight excluding hydrogens is 575 g/mol. The molecule has 1 saturated heterocycles. The van der Waals surface area contributed by atoms with Crippen LogP contribution in [-0.4, -0.2) is 69.1 Å².